The van der Waals surface area contributed by atoms with Gasteiger partial charge in [-0.2, -0.15) is 0 Å². The van der Waals surface area contributed by atoms with Gasteiger partial charge in [-0.3, -0.25) is 9.59 Å². The van der Waals surface area contributed by atoms with E-state index >= 15 is 0 Å². The number of aromatic nitrogens is 2. The average Bonchev–Trinajstić information content (AvgIpc) is 3.08. The van der Waals surface area contributed by atoms with E-state index in [1.807, 2.05) is 24.3 Å². The fraction of sp³-hybridized carbons (Fsp3) is 0.105. The summed E-state index contributed by atoms with van der Waals surface area (Å²) in [6.07, 6.45) is 0. The van der Waals surface area contributed by atoms with E-state index < -0.39 is 17.2 Å². The van der Waals surface area contributed by atoms with E-state index in [1.165, 1.54) is 15.9 Å². The van der Waals surface area contributed by atoms with Crippen molar-refractivity contribution in [3.05, 3.63) is 69.5 Å². The first-order valence-electron chi connectivity index (χ1n) is 7.99. The van der Waals surface area contributed by atoms with Gasteiger partial charge in [0.2, 0.25) is 0 Å². The summed E-state index contributed by atoms with van der Waals surface area (Å²) in [6.45, 7) is 0.223. The molecule has 7 heteroatoms. The molecule has 0 radical (unpaired) electrons. The number of thiazole rings is 1. The van der Waals surface area contributed by atoms with Gasteiger partial charge < -0.3 is 15.0 Å². The van der Waals surface area contributed by atoms with Crippen LogP contribution in [0.4, 0.5) is 0 Å². The van der Waals surface area contributed by atoms with Crippen LogP contribution in [0.3, 0.4) is 0 Å². The molecule has 130 valence electrons. The highest BCUT2D eigenvalue weighted by atomic mass is 32.1. The van der Waals surface area contributed by atoms with E-state index in [0.717, 1.165) is 15.2 Å². The molecule has 0 aliphatic rings. The second-order valence-corrected chi connectivity index (χ2v) is 6.98. The number of benzene rings is 2. The molecule has 6 nitrogen and oxygen atoms in total. The summed E-state index contributed by atoms with van der Waals surface area (Å²) in [6, 6.07) is 14.7. The Balaban J connectivity index is 1.69. The van der Waals surface area contributed by atoms with Crippen LogP contribution in [0.15, 0.2) is 53.3 Å². The molecule has 0 fully saturated rings. The Hall–Kier alpha value is -3.19. The molecule has 0 spiro atoms. The van der Waals surface area contributed by atoms with E-state index in [4.69, 9.17) is 0 Å². The maximum absolute atomic E-state index is 12.7. The molecule has 0 saturated carbocycles. The summed E-state index contributed by atoms with van der Waals surface area (Å²) < 4.78 is 2.37. The van der Waals surface area contributed by atoms with Crippen molar-refractivity contribution in [2.24, 2.45) is 7.05 Å². The van der Waals surface area contributed by atoms with E-state index in [1.54, 1.807) is 31.3 Å². The van der Waals surface area contributed by atoms with Crippen molar-refractivity contribution < 1.29 is 9.90 Å². The Labute approximate surface area is 152 Å². The van der Waals surface area contributed by atoms with E-state index in [9.17, 15) is 14.7 Å². The number of carbonyl (C=O) groups is 1. The number of hydrogen-bond acceptors (Lipinski definition) is 5. The summed E-state index contributed by atoms with van der Waals surface area (Å²) in [4.78, 5) is 29.4. The van der Waals surface area contributed by atoms with Gasteiger partial charge in [0.05, 0.1) is 27.8 Å². The molecule has 0 atom stereocenters. The van der Waals surface area contributed by atoms with E-state index in [0.29, 0.717) is 10.9 Å². The monoisotopic (exact) mass is 365 g/mol. The number of hydrogen-bond donors (Lipinski definition) is 2. The van der Waals surface area contributed by atoms with E-state index in [2.05, 4.69) is 10.3 Å². The smallest absolute Gasteiger partial charge is 0.293 e. The molecule has 2 heterocycles. The number of fused-ring (bicyclic) bond motifs is 2. The molecule has 2 N–H and O–H groups in total. The van der Waals surface area contributed by atoms with Crippen molar-refractivity contribution in [3.8, 4) is 5.75 Å². The van der Waals surface area contributed by atoms with Crippen molar-refractivity contribution in [1.29, 1.82) is 0 Å². The number of aryl methyl sites for hydroxylation is 1. The Morgan fingerprint density at radius 3 is 2.73 bits per heavy atom. The lowest BCUT2D eigenvalue weighted by Gasteiger charge is -2.12. The Morgan fingerprint density at radius 1 is 1.19 bits per heavy atom. The van der Waals surface area contributed by atoms with Gasteiger partial charge in [-0.25, -0.2) is 4.98 Å². The Morgan fingerprint density at radius 2 is 1.92 bits per heavy atom. The normalized spacial score (nSPS) is 11.1. The van der Waals surface area contributed by atoms with Crippen LogP contribution in [-0.4, -0.2) is 20.6 Å². The molecule has 4 rings (SSSR count). The second-order valence-electron chi connectivity index (χ2n) is 5.86. The highest BCUT2D eigenvalue weighted by Gasteiger charge is 2.20. The molecule has 2 aromatic carbocycles. The number of pyridine rings is 1. The molecular formula is C19H15N3O3S. The van der Waals surface area contributed by atoms with Crippen molar-refractivity contribution in [1.82, 2.24) is 14.9 Å². The SMILES string of the molecule is Cn1c(=O)c(O)c(C(=O)NCc2nc3ccccc3s2)c2ccccc21. The molecule has 0 unspecified atom stereocenters. The minimum absolute atomic E-state index is 0.00943. The van der Waals surface area contributed by atoms with Crippen LogP contribution in [-0.2, 0) is 13.6 Å². The number of amides is 1. The van der Waals surface area contributed by atoms with Crippen LogP contribution >= 0.6 is 11.3 Å². The zero-order valence-corrected chi connectivity index (χ0v) is 14.7. The summed E-state index contributed by atoms with van der Waals surface area (Å²) in [5, 5.41) is 14.3. The van der Waals surface area contributed by atoms with Gasteiger partial charge >= 0.3 is 0 Å². The number of para-hydroxylation sites is 2. The van der Waals surface area contributed by atoms with Crippen LogP contribution in [0.25, 0.3) is 21.1 Å². The largest absolute Gasteiger partial charge is 0.502 e. The maximum Gasteiger partial charge on any atom is 0.293 e. The van der Waals surface area contributed by atoms with Gasteiger partial charge in [-0.1, -0.05) is 30.3 Å². The summed E-state index contributed by atoms with van der Waals surface area (Å²) >= 11 is 1.49. The second kappa shape index (κ2) is 6.27. The third kappa shape index (κ3) is 2.62. The minimum Gasteiger partial charge on any atom is -0.502 e. The highest BCUT2D eigenvalue weighted by molar-refractivity contribution is 7.18. The molecule has 0 saturated heterocycles. The number of nitrogens with zero attached hydrogens (tertiary/aromatic N) is 2. The zero-order valence-electron chi connectivity index (χ0n) is 13.9. The topological polar surface area (TPSA) is 84.2 Å². The predicted octanol–water partition coefficient (Wildman–Crippen LogP) is 2.78. The van der Waals surface area contributed by atoms with E-state index in [-0.39, 0.29) is 12.1 Å². The maximum atomic E-state index is 12.7. The average molecular weight is 365 g/mol. The fourth-order valence-corrected chi connectivity index (χ4v) is 3.86. The van der Waals surface area contributed by atoms with Gasteiger partial charge in [0.1, 0.15) is 5.01 Å². The first-order valence-corrected chi connectivity index (χ1v) is 8.81. The van der Waals surface area contributed by atoms with Crippen LogP contribution in [0, 0.1) is 0 Å². The summed E-state index contributed by atoms with van der Waals surface area (Å²) in [5.41, 5.74) is 0.850. The number of nitrogens with one attached hydrogen (secondary N) is 1. The lowest BCUT2D eigenvalue weighted by atomic mass is 10.1. The molecule has 0 bridgehead atoms. The van der Waals surface area contributed by atoms with Crippen molar-refractivity contribution >= 4 is 38.4 Å². The Bertz CT molecular complexity index is 1180. The molecule has 4 aromatic rings. The molecule has 1 amide bonds. The van der Waals surface area contributed by atoms with Crippen molar-refractivity contribution in [2.45, 2.75) is 6.54 Å². The minimum atomic E-state index is -0.603. The predicted molar refractivity (Wildman–Crippen MR) is 102 cm³/mol. The lowest BCUT2D eigenvalue weighted by Crippen LogP contribution is -2.27. The highest BCUT2D eigenvalue weighted by Crippen LogP contribution is 2.24. The van der Waals surface area contributed by atoms with Crippen LogP contribution < -0.4 is 10.9 Å². The van der Waals surface area contributed by atoms with Gasteiger partial charge in [0.25, 0.3) is 11.5 Å². The number of aromatic hydroxyl groups is 1. The molecular weight excluding hydrogens is 350 g/mol. The summed E-state index contributed by atoms with van der Waals surface area (Å²) in [5.74, 6) is -1.05. The quantitative estimate of drug-likeness (QED) is 0.585. The van der Waals surface area contributed by atoms with Gasteiger partial charge in [0, 0.05) is 12.4 Å². The van der Waals surface area contributed by atoms with Crippen LogP contribution in [0.2, 0.25) is 0 Å². The van der Waals surface area contributed by atoms with Crippen molar-refractivity contribution in [2.75, 3.05) is 0 Å². The summed E-state index contributed by atoms with van der Waals surface area (Å²) in [7, 11) is 1.56. The molecule has 26 heavy (non-hydrogen) atoms. The first kappa shape index (κ1) is 16.3. The zero-order chi connectivity index (χ0) is 18.3. The van der Waals surface area contributed by atoms with Gasteiger partial charge in [-0.15, -0.1) is 11.3 Å². The number of rotatable bonds is 3. The number of carbonyl (C=O) groups excluding carboxylic acids is 1. The molecule has 0 aliphatic carbocycles. The third-order valence-corrected chi connectivity index (χ3v) is 5.28. The lowest BCUT2D eigenvalue weighted by molar-refractivity contribution is 0.0949. The van der Waals surface area contributed by atoms with Crippen LogP contribution in [0.1, 0.15) is 15.4 Å². The van der Waals surface area contributed by atoms with Gasteiger partial charge in [0.15, 0.2) is 5.75 Å². The third-order valence-electron chi connectivity index (χ3n) is 4.24. The molecule has 2 aromatic heterocycles. The first-order chi connectivity index (χ1) is 12.6. The van der Waals surface area contributed by atoms with Crippen molar-refractivity contribution in [3.63, 3.8) is 0 Å². The molecule has 0 aliphatic heterocycles. The van der Waals surface area contributed by atoms with Crippen LogP contribution in [0.5, 0.6) is 5.75 Å². The standard InChI is InChI=1S/C19H15N3O3S/c1-22-13-8-4-2-6-11(13)16(17(23)19(22)25)18(24)20-10-15-21-12-7-3-5-9-14(12)26-15/h2-9,23H,10H2,1H3,(H,20,24). The van der Waals surface area contributed by atoms with Gasteiger partial charge in [-0.05, 0) is 18.2 Å². The Kier molecular flexibility index (Phi) is 3.93. The fourth-order valence-electron chi connectivity index (χ4n) is 2.95.